The quantitative estimate of drug-likeness (QED) is 0.899. The van der Waals surface area contributed by atoms with Gasteiger partial charge in [-0.3, -0.25) is 4.79 Å². The highest BCUT2D eigenvalue weighted by Gasteiger charge is 2.28. The van der Waals surface area contributed by atoms with E-state index in [1.807, 2.05) is 24.3 Å². The van der Waals surface area contributed by atoms with Crippen LogP contribution >= 0.6 is 15.9 Å². The van der Waals surface area contributed by atoms with Crippen LogP contribution in [0.25, 0.3) is 10.8 Å². The van der Waals surface area contributed by atoms with Crippen LogP contribution in [0.5, 0.6) is 5.75 Å². The van der Waals surface area contributed by atoms with Crippen LogP contribution in [-0.2, 0) is 11.2 Å². The van der Waals surface area contributed by atoms with E-state index >= 15 is 0 Å². The molecule has 19 heavy (non-hydrogen) atoms. The molecule has 0 saturated carbocycles. The maximum absolute atomic E-state index is 11.2. The van der Waals surface area contributed by atoms with Gasteiger partial charge in [-0.1, -0.05) is 22.0 Å². The Morgan fingerprint density at radius 2 is 1.89 bits per heavy atom. The summed E-state index contributed by atoms with van der Waals surface area (Å²) in [7, 11) is 0. The predicted octanol–water partition coefficient (Wildman–Crippen LogP) is 3.96. The van der Waals surface area contributed by atoms with Gasteiger partial charge in [-0.25, -0.2) is 0 Å². The average Bonchev–Trinajstić information content (AvgIpc) is 2.30. The first-order chi connectivity index (χ1) is 8.79. The first-order valence-electron chi connectivity index (χ1n) is 5.94. The fourth-order valence-electron chi connectivity index (χ4n) is 2.00. The van der Waals surface area contributed by atoms with Gasteiger partial charge in [-0.15, -0.1) is 0 Å². The molecule has 2 aromatic carbocycles. The number of hydrogen-bond acceptors (Lipinski definition) is 2. The van der Waals surface area contributed by atoms with Crippen LogP contribution in [0, 0.1) is 5.41 Å². The average molecular weight is 323 g/mol. The van der Waals surface area contributed by atoms with Gasteiger partial charge in [0.25, 0.3) is 0 Å². The summed E-state index contributed by atoms with van der Waals surface area (Å²) < 4.78 is 0.953. The zero-order chi connectivity index (χ0) is 14.2. The lowest BCUT2D eigenvalue weighted by Crippen LogP contribution is -2.26. The van der Waals surface area contributed by atoms with Crippen molar-refractivity contribution >= 4 is 32.7 Å². The summed E-state index contributed by atoms with van der Waals surface area (Å²) in [5.74, 6) is -0.731. The molecule has 100 valence electrons. The van der Waals surface area contributed by atoms with Gasteiger partial charge in [0.2, 0.25) is 0 Å². The Labute approximate surface area is 120 Å². The van der Waals surface area contributed by atoms with Gasteiger partial charge >= 0.3 is 5.97 Å². The molecule has 0 aliphatic carbocycles. The molecule has 0 saturated heterocycles. The van der Waals surface area contributed by atoms with Crippen LogP contribution in [-0.4, -0.2) is 16.2 Å². The summed E-state index contributed by atoms with van der Waals surface area (Å²) in [4.78, 5) is 11.2. The second-order valence-corrected chi connectivity index (χ2v) is 6.25. The van der Waals surface area contributed by atoms with E-state index in [1.165, 1.54) is 0 Å². The molecule has 2 aromatic rings. The van der Waals surface area contributed by atoms with E-state index in [9.17, 15) is 9.90 Å². The lowest BCUT2D eigenvalue weighted by molar-refractivity contribution is -0.146. The van der Waals surface area contributed by atoms with Gasteiger partial charge < -0.3 is 10.2 Å². The summed E-state index contributed by atoms with van der Waals surface area (Å²) in [6.45, 7) is 3.31. The first-order valence-corrected chi connectivity index (χ1v) is 6.73. The van der Waals surface area contributed by atoms with Crippen LogP contribution in [0.15, 0.2) is 34.8 Å². The smallest absolute Gasteiger partial charge is 0.309 e. The number of carboxylic acid groups (broad SMARTS) is 1. The van der Waals surface area contributed by atoms with E-state index in [2.05, 4.69) is 15.9 Å². The summed E-state index contributed by atoms with van der Waals surface area (Å²) in [6, 6.07) is 9.29. The predicted molar refractivity (Wildman–Crippen MR) is 78.4 cm³/mol. The monoisotopic (exact) mass is 322 g/mol. The highest BCUT2D eigenvalue weighted by molar-refractivity contribution is 9.10. The van der Waals surface area contributed by atoms with Crippen molar-refractivity contribution < 1.29 is 15.0 Å². The largest absolute Gasteiger partial charge is 0.508 e. The number of rotatable bonds is 3. The van der Waals surface area contributed by atoms with Crippen LogP contribution in [0.4, 0.5) is 0 Å². The molecule has 0 aromatic heterocycles. The Morgan fingerprint density at radius 3 is 2.53 bits per heavy atom. The molecular weight excluding hydrogens is 308 g/mol. The van der Waals surface area contributed by atoms with Gasteiger partial charge in [-0.05, 0) is 60.9 Å². The van der Waals surface area contributed by atoms with Gasteiger partial charge in [-0.2, -0.15) is 0 Å². The number of phenols is 1. The molecule has 0 heterocycles. The molecule has 0 aliphatic heterocycles. The molecule has 0 aliphatic rings. The van der Waals surface area contributed by atoms with Crippen molar-refractivity contribution in [1.82, 2.24) is 0 Å². The molecule has 0 bridgehead atoms. The second kappa shape index (κ2) is 4.85. The van der Waals surface area contributed by atoms with Crippen LogP contribution < -0.4 is 0 Å². The van der Waals surface area contributed by atoms with Crippen molar-refractivity contribution in [3.05, 3.63) is 40.4 Å². The summed E-state index contributed by atoms with van der Waals surface area (Å²) in [5, 5.41) is 21.1. The minimum atomic E-state index is -0.906. The molecule has 0 radical (unpaired) electrons. The maximum Gasteiger partial charge on any atom is 0.309 e. The number of aromatic hydroxyl groups is 1. The lowest BCUT2D eigenvalue weighted by Gasteiger charge is -2.20. The van der Waals surface area contributed by atoms with Crippen molar-refractivity contribution in [2.75, 3.05) is 0 Å². The lowest BCUT2D eigenvalue weighted by atomic mass is 9.85. The molecular formula is C15H15BrO3. The number of carboxylic acids is 1. The number of hydrogen-bond donors (Lipinski definition) is 2. The molecule has 3 nitrogen and oxygen atoms in total. The minimum absolute atomic E-state index is 0.143. The second-order valence-electron chi connectivity index (χ2n) is 5.34. The Morgan fingerprint density at radius 1 is 1.21 bits per heavy atom. The van der Waals surface area contributed by atoms with E-state index in [4.69, 9.17) is 5.11 Å². The van der Waals surface area contributed by atoms with Crippen molar-refractivity contribution in [2.24, 2.45) is 5.41 Å². The van der Waals surface area contributed by atoms with Crippen molar-refractivity contribution in [3.63, 3.8) is 0 Å². The highest BCUT2D eigenvalue weighted by Crippen LogP contribution is 2.32. The summed E-state index contributed by atoms with van der Waals surface area (Å²) in [6.07, 6.45) is 0.288. The standard InChI is InChI=1S/C15H15BrO3/c1-15(2,14(18)19)8-11-5-10-6-12(16)4-3-9(10)7-13(11)17/h3-7,17H,8H2,1-2H3,(H,18,19). The van der Waals surface area contributed by atoms with Gasteiger partial charge in [0.1, 0.15) is 5.75 Å². The van der Waals surface area contributed by atoms with Gasteiger partial charge in [0.05, 0.1) is 5.41 Å². The molecule has 2 N–H and O–H groups in total. The zero-order valence-electron chi connectivity index (χ0n) is 10.8. The van der Waals surface area contributed by atoms with Crippen molar-refractivity contribution in [2.45, 2.75) is 20.3 Å². The number of aliphatic carboxylic acids is 1. The molecule has 0 amide bonds. The van der Waals surface area contributed by atoms with E-state index < -0.39 is 11.4 Å². The summed E-state index contributed by atoms with van der Waals surface area (Å²) >= 11 is 3.40. The van der Waals surface area contributed by atoms with Crippen LogP contribution in [0.3, 0.4) is 0 Å². The number of phenolic OH excluding ortho intramolecular Hbond substituents is 1. The van der Waals surface area contributed by atoms with Gasteiger partial charge in [0.15, 0.2) is 0 Å². The van der Waals surface area contributed by atoms with Crippen LogP contribution in [0.1, 0.15) is 19.4 Å². The van der Waals surface area contributed by atoms with Crippen molar-refractivity contribution in [3.8, 4) is 5.75 Å². The maximum atomic E-state index is 11.2. The van der Waals surface area contributed by atoms with E-state index in [0.29, 0.717) is 5.56 Å². The normalized spacial score (nSPS) is 11.7. The number of halogens is 1. The fraction of sp³-hybridized carbons (Fsp3) is 0.267. The molecule has 0 unspecified atom stereocenters. The number of fused-ring (bicyclic) bond motifs is 1. The Bertz CT molecular complexity index is 647. The Kier molecular flexibility index (Phi) is 3.54. The van der Waals surface area contributed by atoms with E-state index in [-0.39, 0.29) is 12.2 Å². The third-order valence-corrected chi connectivity index (χ3v) is 3.70. The van der Waals surface area contributed by atoms with Gasteiger partial charge in [0, 0.05) is 4.47 Å². The number of carbonyl (C=O) groups is 1. The molecule has 2 rings (SSSR count). The zero-order valence-corrected chi connectivity index (χ0v) is 12.4. The van der Waals surface area contributed by atoms with Crippen LogP contribution in [0.2, 0.25) is 0 Å². The fourth-order valence-corrected chi connectivity index (χ4v) is 2.38. The van der Waals surface area contributed by atoms with Crippen molar-refractivity contribution in [1.29, 1.82) is 0 Å². The van der Waals surface area contributed by atoms with E-state index in [0.717, 1.165) is 15.2 Å². The van der Waals surface area contributed by atoms with E-state index in [1.54, 1.807) is 19.9 Å². The summed E-state index contributed by atoms with van der Waals surface area (Å²) in [5.41, 5.74) is -0.255. The highest BCUT2D eigenvalue weighted by atomic mass is 79.9. The number of benzene rings is 2. The molecule has 4 heteroatoms. The SMILES string of the molecule is CC(C)(Cc1cc2cc(Br)ccc2cc1O)C(=O)O. The molecule has 0 fully saturated rings. The third kappa shape index (κ3) is 2.89. The topological polar surface area (TPSA) is 57.5 Å². The Balaban J connectivity index is 2.49. The first kappa shape index (κ1) is 13.9. The molecule has 0 spiro atoms. The third-order valence-electron chi connectivity index (χ3n) is 3.21. The minimum Gasteiger partial charge on any atom is -0.508 e. The Hall–Kier alpha value is -1.55. The molecule has 0 atom stereocenters.